The fraction of sp³-hybridized carbons (Fsp3) is 0.500. The highest BCUT2D eigenvalue weighted by atomic mass is 32.1. The van der Waals surface area contributed by atoms with Crippen LogP contribution in [-0.4, -0.2) is 12.2 Å². The Labute approximate surface area is 94.7 Å². The molecule has 0 aliphatic heterocycles. The lowest BCUT2D eigenvalue weighted by Gasteiger charge is -2.22. The second kappa shape index (κ2) is 5.32. The third-order valence-corrected chi connectivity index (χ3v) is 3.31. The van der Waals surface area contributed by atoms with Crippen LogP contribution < -0.4 is 10.6 Å². The zero-order chi connectivity index (χ0) is 10.6. The maximum atomic E-state index is 5.11. The molecule has 0 aliphatic carbocycles. The van der Waals surface area contributed by atoms with Crippen molar-refractivity contribution < 1.29 is 0 Å². The van der Waals surface area contributed by atoms with Gasteiger partial charge in [-0.3, -0.25) is 0 Å². The Morgan fingerprint density at radius 1 is 1.50 bits per heavy atom. The molecule has 2 N–H and O–H groups in total. The smallest absolute Gasteiger partial charge is 0.166 e. The van der Waals surface area contributed by atoms with Gasteiger partial charge in [0, 0.05) is 11.9 Å². The summed E-state index contributed by atoms with van der Waals surface area (Å²) in [7, 11) is 1.83. The van der Waals surface area contributed by atoms with Gasteiger partial charge in [-0.25, -0.2) is 0 Å². The molecular formula is C10H16N2S2. The van der Waals surface area contributed by atoms with E-state index in [-0.39, 0.29) is 0 Å². The first-order valence-electron chi connectivity index (χ1n) is 4.66. The van der Waals surface area contributed by atoms with Crippen molar-refractivity contribution in [2.45, 2.75) is 19.9 Å². The van der Waals surface area contributed by atoms with Crippen molar-refractivity contribution >= 4 is 28.7 Å². The van der Waals surface area contributed by atoms with Gasteiger partial charge in [-0.05, 0) is 29.6 Å². The minimum atomic E-state index is 0.315. The zero-order valence-electron chi connectivity index (χ0n) is 8.70. The van der Waals surface area contributed by atoms with Crippen LogP contribution >= 0.6 is 23.6 Å². The third-order valence-electron chi connectivity index (χ3n) is 2.03. The molecule has 1 atom stereocenters. The minimum absolute atomic E-state index is 0.315. The highest BCUT2D eigenvalue weighted by Crippen LogP contribution is 2.25. The molecule has 0 bridgehead atoms. The van der Waals surface area contributed by atoms with Gasteiger partial charge < -0.3 is 10.6 Å². The van der Waals surface area contributed by atoms with E-state index in [1.165, 1.54) is 4.88 Å². The summed E-state index contributed by atoms with van der Waals surface area (Å²) in [5.74, 6) is 0.528. The van der Waals surface area contributed by atoms with E-state index < -0.39 is 0 Å². The molecule has 0 radical (unpaired) electrons. The van der Waals surface area contributed by atoms with Gasteiger partial charge in [0.25, 0.3) is 0 Å². The summed E-state index contributed by atoms with van der Waals surface area (Å²) in [6.07, 6.45) is 0. The molecule has 1 rings (SSSR count). The molecule has 1 aromatic heterocycles. The molecule has 0 amide bonds. The van der Waals surface area contributed by atoms with Crippen LogP contribution in [-0.2, 0) is 0 Å². The van der Waals surface area contributed by atoms with Gasteiger partial charge in [0.2, 0.25) is 0 Å². The Hall–Kier alpha value is -0.610. The van der Waals surface area contributed by atoms with Gasteiger partial charge in [-0.1, -0.05) is 19.9 Å². The van der Waals surface area contributed by atoms with Gasteiger partial charge in [0.05, 0.1) is 6.04 Å². The molecule has 0 saturated carbocycles. The number of thiophene rings is 1. The predicted octanol–water partition coefficient (Wildman–Crippen LogP) is 2.54. The van der Waals surface area contributed by atoms with Crippen LogP contribution in [0.4, 0.5) is 0 Å². The first-order valence-corrected chi connectivity index (χ1v) is 5.95. The maximum Gasteiger partial charge on any atom is 0.166 e. The molecule has 0 unspecified atom stereocenters. The topological polar surface area (TPSA) is 24.1 Å². The first-order chi connectivity index (χ1) is 6.65. The molecule has 0 aliphatic rings. The molecule has 1 aromatic rings. The summed E-state index contributed by atoms with van der Waals surface area (Å²) in [5, 5.41) is 9.03. The van der Waals surface area contributed by atoms with Gasteiger partial charge in [0.1, 0.15) is 0 Å². The van der Waals surface area contributed by atoms with E-state index in [0.717, 1.165) is 0 Å². The standard InChI is InChI=1S/C10H16N2S2/c1-7(2)9(12-10(13)11-3)8-5-4-6-14-8/h4-7,9H,1-3H3,(H2,11,12,13)/t9-/m1/s1. The summed E-state index contributed by atoms with van der Waals surface area (Å²) >= 11 is 6.87. The lowest BCUT2D eigenvalue weighted by atomic mass is 10.0. The second-order valence-corrected chi connectivity index (χ2v) is 4.85. The molecule has 0 aromatic carbocycles. The normalized spacial score (nSPS) is 12.6. The number of hydrogen-bond donors (Lipinski definition) is 2. The lowest BCUT2D eigenvalue weighted by Crippen LogP contribution is -2.37. The summed E-state index contributed by atoms with van der Waals surface area (Å²) in [4.78, 5) is 1.33. The second-order valence-electron chi connectivity index (χ2n) is 3.46. The Morgan fingerprint density at radius 3 is 2.64 bits per heavy atom. The van der Waals surface area contributed by atoms with Crippen LogP contribution in [0.2, 0.25) is 0 Å². The molecule has 14 heavy (non-hydrogen) atoms. The van der Waals surface area contributed by atoms with Crippen LogP contribution in [0.25, 0.3) is 0 Å². The Morgan fingerprint density at radius 2 is 2.21 bits per heavy atom. The van der Waals surface area contributed by atoms with Crippen LogP contribution in [0.1, 0.15) is 24.8 Å². The monoisotopic (exact) mass is 228 g/mol. The highest BCUT2D eigenvalue weighted by Gasteiger charge is 2.16. The van der Waals surface area contributed by atoms with Gasteiger partial charge >= 0.3 is 0 Å². The highest BCUT2D eigenvalue weighted by molar-refractivity contribution is 7.80. The van der Waals surface area contributed by atoms with E-state index in [9.17, 15) is 0 Å². The van der Waals surface area contributed by atoms with Crippen LogP contribution in [0, 0.1) is 5.92 Å². The quantitative estimate of drug-likeness (QED) is 0.778. The fourth-order valence-electron chi connectivity index (χ4n) is 1.25. The minimum Gasteiger partial charge on any atom is -0.366 e. The zero-order valence-corrected chi connectivity index (χ0v) is 10.3. The maximum absolute atomic E-state index is 5.11. The SMILES string of the molecule is CNC(=S)N[C@@H](c1cccs1)C(C)C. The molecule has 0 spiro atoms. The van der Waals surface area contributed by atoms with Gasteiger partial charge in [-0.2, -0.15) is 0 Å². The first kappa shape index (κ1) is 11.5. The van der Waals surface area contributed by atoms with Crippen LogP contribution in [0.3, 0.4) is 0 Å². The number of rotatable bonds is 3. The summed E-state index contributed by atoms with van der Waals surface area (Å²) < 4.78 is 0. The van der Waals surface area contributed by atoms with Gasteiger partial charge in [-0.15, -0.1) is 11.3 Å². The molecule has 0 fully saturated rings. The van der Waals surface area contributed by atoms with E-state index in [0.29, 0.717) is 17.1 Å². The van der Waals surface area contributed by atoms with E-state index in [4.69, 9.17) is 12.2 Å². The third kappa shape index (κ3) is 2.96. The van der Waals surface area contributed by atoms with Crippen molar-refractivity contribution in [2.75, 3.05) is 7.05 Å². The van der Waals surface area contributed by atoms with Crippen molar-refractivity contribution in [3.63, 3.8) is 0 Å². The largest absolute Gasteiger partial charge is 0.366 e. The molecule has 0 saturated heterocycles. The van der Waals surface area contributed by atoms with E-state index in [1.807, 2.05) is 7.05 Å². The lowest BCUT2D eigenvalue weighted by molar-refractivity contribution is 0.477. The number of hydrogen-bond acceptors (Lipinski definition) is 2. The van der Waals surface area contributed by atoms with Crippen molar-refractivity contribution in [3.8, 4) is 0 Å². The summed E-state index contributed by atoms with van der Waals surface area (Å²) in [6.45, 7) is 4.38. The fourth-order valence-corrected chi connectivity index (χ4v) is 2.32. The van der Waals surface area contributed by atoms with Gasteiger partial charge in [0.15, 0.2) is 5.11 Å². The molecule has 4 heteroatoms. The summed E-state index contributed by atoms with van der Waals surface area (Å²) in [6, 6.07) is 4.52. The van der Waals surface area contributed by atoms with Crippen molar-refractivity contribution in [1.82, 2.24) is 10.6 Å². The Bertz CT molecular complexity index is 280. The van der Waals surface area contributed by atoms with E-state index in [2.05, 4.69) is 42.0 Å². The Kier molecular flexibility index (Phi) is 4.35. The van der Waals surface area contributed by atoms with E-state index >= 15 is 0 Å². The average molecular weight is 228 g/mol. The molecule has 1 heterocycles. The van der Waals surface area contributed by atoms with Crippen LogP contribution in [0.5, 0.6) is 0 Å². The Balaban J connectivity index is 2.70. The van der Waals surface area contributed by atoms with Crippen molar-refractivity contribution in [2.24, 2.45) is 5.92 Å². The molecule has 78 valence electrons. The molecular weight excluding hydrogens is 212 g/mol. The predicted molar refractivity (Wildman–Crippen MR) is 66.7 cm³/mol. The summed E-state index contributed by atoms with van der Waals surface area (Å²) in [5.41, 5.74) is 0. The number of thiocarbonyl (C=S) groups is 1. The average Bonchev–Trinajstić information content (AvgIpc) is 2.65. The van der Waals surface area contributed by atoms with Crippen LogP contribution in [0.15, 0.2) is 17.5 Å². The van der Waals surface area contributed by atoms with E-state index in [1.54, 1.807) is 11.3 Å². The molecule has 2 nitrogen and oxygen atoms in total. The number of nitrogens with one attached hydrogen (secondary N) is 2. The van der Waals surface area contributed by atoms with Crippen molar-refractivity contribution in [3.05, 3.63) is 22.4 Å². The van der Waals surface area contributed by atoms with Crippen molar-refractivity contribution in [1.29, 1.82) is 0 Å².